The maximum absolute atomic E-state index is 13.4. The molecule has 1 aliphatic heterocycles. The number of rotatable bonds is 5. The Morgan fingerprint density at radius 1 is 1.18 bits per heavy atom. The van der Waals surface area contributed by atoms with Gasteiger partial charge in [-0.3, -0.25) is 4.79 Å². The molecule has 0 fully saturated rings. The molecule has 0 unspecified atom stereocenters. The van der Waals surface area contributed by atoms with E-state index in [0.29, 0.717) is 18.5 Å². The Hall–Kier alpha value is -3.26. The second kappa shape index (κ2) is 7.40. The van der Waals surface area contributed by atoms with Gasteiger partial charge in [-0.15, -0.1) is 0 Å². The standard InChI is InChI=1S/C23H24N4O/c1-3-16(2)27-22(25-20-11-6-4-10-18(20)23(27)28)19-15-26(14-8-13-24)21-12-7-5-9-17(19)21/h4-7,9-12,15-16,22,25H,3,8,14H2,1-2H3/t16-,22-/m1/s1. The van der Waals surface area contributed by atoms with Gasteiger partial charge in [-0.1, -0.05) is 37.3 Å². The summed E-state index contributed by atoms with van der Waals surface area (Å²) in [5, 5.41) is 13.7. The summed E-state index contributed by atoms with van der Waals surface area (Å²) in [7, 11) is 0. The molecule has 0 spiro atoms. The minimum atomic E-state index is -0.245. The highest BCUT2D eigenvalue weighted by Crippen LogP contribution is 2.38. The van der Waals surface area contributed by atoms with E-state index in [1.165, 1.54) is 0 Å². The fourth-order valence-electron chi connectivity index (χ4n) is 4.00. The zero-order chi connectivity index (χ0) is 19.7. The Morgan fingerprint density at radius 3 is 2.71 bits per heavy atom. The van der Waals surface area contributed by atoms with Gasteiger partial charge in [-0.25, -0.2) is 0 Å². The Bertz CT molecular complexity index is 1060. The molecule has 0 radical (unpaired) electrons. The SMILES string of the molecule is CC[C@@H](C)N1C(=O)c2ccccc2N[C@H]1c1cn(CCC#N)c2ccccc12. The highest BCUT2D eigenvalue weighted by Gasteiger charge is 2.36. The van der Waals surface area contributed by atoms with Crippen LogP contribution in [-0.4, -0.2) is 21.4 Å². The first-order valence-corrected chi connectivity index (χ1v) is 9.78. The third-order valence-electron chi connectivity index (χ3n) is 5.61. The number of carbonyl (C=O) groups excluding carboxylic acids is 1. The van der Waals surface area contributed by atoms with Crippen LogP contribution in [0.2, 0.25) is 0 Å². The summed E-state index contributed by atoms with van der Waals surface area (Å²) in [6.07, 6.45) is 3.17. The van der Waals surface area contributed by atoms with Crippen LogP contribution in [0.3, 0.4) is 0 Å². The summed E-state index contributed by atoms with van der Waals surface area (Å²) in [4.78, 5) is 15.3. The van der Waals surface area contributed by atoms with Gasteiger partial charge in [0, 0.05) is 40.9 Å². The van der Waals surface area contributed by atoms with Crippen LogP contribution in [0.5, 0.6) is 0 Å². The van der Waals surface area contributed by atoms with E-state index in [-0.39, 0.29) is 18.1 Å². The van der Waals surface area contributed by atoms with Crippen LogP contribution in [0.1, 0.15) is 48.8 Å². The van der Waals surface area contributed by atoms with Gasteiger partial charge in [0.05, 0.1) is 18.1 Å². The third kappa shape index (κ3) is 2.91. The van der Waals surface area contributed by atoms with Crippen molar-refractivity contribution in [2.24, 2.45) is 0 Å². The smallest absolute Gasteiger partial charge is 0.258 e. The number of nitriles is 1. The van der Waals surface area contributed by atoms with Crippen molar-refractivity contribution in [3.05, 3.63) is 65.9 Å². The minimum absolute atomic E-state index is 0.0579. The number of amides is 1. The average Bonchev–Trinajstić information content (AvgIpc) is 3.10. The molecule has 1 amide bonds. The van der Waals surface area contributed by atoms with Crippen molar-refractivity contribution in [3.63, 3.8) is 0 Å². The fourth-order valence-corrected chi connectivity index (χ4v) is 4.00. The first kappa shape index (κ1) is 18.1. The molecule has 2 heterocycles. The zero-order valence-corrected chi connectivity index (χ0v) is 16.2. The second-order valence-electron chi connectivity index (χ2n) is 7.27. The molecule has 5 heteroatoms. The molecule has 2 aromatic carbocycles. The number of aryl methyl sites for hydroxylation is 1. The molecule has 1 aromatic heterocycles. The first-order valence-electron chi connectivity index (χ1n) is 9.78. The van der Waals surface area contributed by atoms with Gasteiger partial charge in [-0.05, 0) is 31.5 Å². The summed E-state index contributed by atoms with van der Waals surface area (Å²) in [5.74, 6) is 0.0579. The summed E-state index contributed by atoms with van der Waals surface area (Å²) in [5.41, 5.74) is 3.74. The topological polar surface area (TPSA) is 61.1 Å². The van der Waals surface area contributed by atoms with Crippen molar-refractivity contribution in [3.8, 4) is 6.07 Å². The number of hydrogen-bond acceptors (Lipinski definition) is 3. The van der Waals surface area contributed by atoms with E-state index in [2.05, 4.69) is 48.1 Å². The van der Waals surface area contributed by atoms with Crippen LogP contribution in [-0.2, 0) is 6.54 Å². The number of nitrogens with one attached hydrogen (secondary N) is 1. The number of benzene rings is 2. The van der Waals surface area contributed by atoms with E-state index in [4.69, 9.17) is 5.26 Å². The molecule has 0 bridgehead atoms. The van der Waals surface area contributed by atoms with Crippen LogP contribution >= 0.6 is 0 Å². The first-order chi connectivity index (χ1) is 13.7. The summed E-state index contributed by atoms with van der Waals surface area (Å²) in [6, 6.07) is 18.2. The number of para-hydroxylation sites is 2. The summed E-state index contributed by atoms with van der Waals surface area (Å²) >= 11 is 0. The van der Waals surface area contributed by atoms with Crippen LogP contribution in [0.4, 0.5) is 5.69 Å². The van der Waals surface area contributed by atoms with Gasteiger partial charge < -0.3 is 14.8 Å². The number of anilines is 1. The summed E-state index contributed by atoms with van der Waals surface area (Å²) in [6.45, 7) is 4.83. The highest BCUT2D eigenvalue weighted by molar-refractivity contribution is 6.02. The van der Waals surface area contributed by atoms with E-state index in [9.17, 15) is 4.79 Å². The predicted octanol–water partition coefficient (Wildman–Crippen LogP) is 4.92. The molecule has 4 rings (SSSR count). The Kier molecular flexibility index (Phi) is 4.79. The molecule has 1 aliphatic rings. The number of nitrogens with zero attached hydrogens (tertiary/aromatic N) is 3. The molecule has 5 nitrogen and oxygen atoms in total. The van der Waals surface area contributed by atoms with Crippen LogP contribution in [0, 0.1) is 11.3 Å². The molecule has 3 aromatic rings. The molecule has 0 saturated heterocycles. The molecule has 0 saturated carbocycles. The Labute approximate surface area is 165 Å². The van der Waals surface area contributed by atoms with Crippen molar-refractivity contribution >= 4 is 22.5 Å². The lowest BCUT2D eigenvalue weighted by Crippen LogP contribution is -2.47. The lowest BCUT2D eigenvalue weighted by Gasteiger charge is -2.41. The van der Waals surface area contributed by atoms with Crippen molar-refractivity contribution in [2.75, 3.05) is 5.32 Å². The van der Waals surface area contributed by atoms with Gasteiger partial charge in [0.25, 0.3) is 5.91 Å². The second-order valence-corrected chi connectivity index (χ2v) is 7.27. The summed E-state index contributed by atoms with van der Waals surface area (Å²) < 4.78 is 2.12. The Balaban J connectivity index is 1.87. The molecule has 1 N–H and O–H groups in total. The average molecular weight is 372 g/mol. The monoisotopic (exact) mass is 372 g/mol. The predicted molar refractivity (Wildman–Crippen MR) is 111 cm³/mol. The van der Waals surface area contributed by atoms with E-state index in [1.54, 1.807) is 0 Å². The molecule has 142 valence electrons. The van der Waals surface area contributed by atoms with Gasteiger partial charge in [0.1, 0.15) is 6.17 Å². The van der Waals surface area contributed by atoms with E-state index >= 15 is 0 Å². The van der Waals surface area contributed by atoms with E-state index in [1.807, 2.05) is 41.3 Å². The van der Waals surface area contributed by atoms with Crippen LogP contribution < -0.4 is 5.32 Å². The fraction of sp³-hybridized carbons (Fsp3) is 0.304. The van der Waals surface area contributed by atoms with Crippen molar-refractivity contribution in [2.45, 2.75) is 45.4 Å². The maximum atomic E-state index is 13.4. The number of aromatic nitrogens is 1. The van der Waals surface area contributed by atoms with Gasteiger partial charge in [0.15, 0.2) is 0 Å². The number of carbonyl (C=O) groups is 1. The molecule has 2 atom stereocenters. The van der Waals surface area contributed by atoms with Gasteiger partial charge >= 0.3 is 0 Å². The van der Waals surface area contributed by atoms with Gasteiger partial charge in [-0.2, -0.15) is 5.26 Å². The van der Waals surface area contributed by atoms with Crippen molar-refractivity contribution < 1.29 is 4.79 Å². The van der Waals surface area contributed by atoms with Crippen molar-refractivity contribution in [1.82, 2.24) is 9.47 Å². The number of fused-ring (bicyclic) bond motifs is 2. The lowest BCUT2D eigenvalue weighted by atomic mass is 10.0. The molecular formula is C23H24N4O. The highest BCUT2D eigenvalue weighted by atomic mass is 16.2. The maximum Gasteiger partial charge on any atom is 0.258 e. The normalized spacial score (nSPS) is 17.1. The van der Waals surface area contributed by atoms with Gasteiger partial charge in [0.2, 0.25) is 0 Å². The van der Waals surface area contributed by atoms with Crippen molar-refractivity contribution in [1.29, 1.82) is 5.26 Å². The quantitative estimate of drug-likeness (QED) is 0.691. The number of hydrogen-bond donors (Lipinski definition) is 1. The van der Waals surface area contributed by atoms with Crippen LogP contribution in [0.15, 0.2) is 54.7 Å². The van der Waals surface area contributed by atoms with E-state index < -0.39 is 0 Å². The largest absolute Gasteiger partial charge is 0.361 e. The van der Waals surface area contributed by atoms with Crippen LogP contribution in [0.25, 0.3) is 10.9 Å². The van der Waals surface area contributed by atoms with E-state index in [0.717, 1.165) is 28.6 Å². The molecule has 0 aliphatic carbocycles. The molecular weight excluding hydrogens is 348 g/mol. The lowest BCUT2D eigenvalue weighted by molar-refractivity contribution is 0.0595. The zero-order valence-electron chi connectivity index (χ0n) is 16.2. The third-order valence-corrected chi connectivity index (χ3v) is 5.61. The molecule has 28 heavy (non-hydrogen) atoms. The Morgan fingerprint density at radius 2 is 1.93 bits per heavy atom. The minimum Gasteiger partial charge on any atom is -0.361 e.